The number of benzene rings is 4. The maximum Gasteiger partial charge on any atom is 0.348 e. The van der Waals surface area contributed by atoms with Crippen LogP contribution < -0.4 is 18.6 Å². The zero-order valence-electron chi connectivity index (χ0n) is 41.7. The smallest absolute Gasteiger partial charge is 0.348 e. The molecule has 2 aromatic heterocycles. The molecule has 6 rings (SSSR count). The fraction of sp³-hybridized carbons (Fsp3) is 0.377. The molecule has 0 bridgehead atoms. The number of nitrogens with zero attached hydrogens (tertiary/aromatic N) is 2. The first-order chi connectivity index (χ1) is 33.4. The highest BCUT2D eigenvalue weighted by molar-refractivity contribution is 9.11. The Hall–Kier alpha value is -4.52. The largest absolute Gasteiger partial charge is 0.543 e. The molecular formula is C53H61BrCl2N2O10S2Si. The molecule has 0 saturated heterocycles. The fourth-order valence-electron chi connectivity index (χ4n) is 7.15. The van der Waals surface area contributed by atoms with Crippen LogP contribution in [0.15, 0.2) is 102 Å². The van der Waals surface area contributed by atoms with Crippen molar-refractivity contribution >= 4 is 85.1 Å². The van der Waals surface area contributed by atoms with Crippen LogP contribution >= 0.6 is 50.5 Å². The van der Waals surface area contributed by atoms with E-state index in [-0.39, 0.29) is 65.3 Å². The van der Waals surface area contributed by atoms with Crippen LogP contribution in [0.4, 0.5) is 0 Å². The van der Waals surface area contributed by atoms with Crippen molar-refractivity contribution < 1.29 is 45.5 Å². The molecule has 0 unspecified atom stereocenters. The van der Waals surface area contributed by atoms with Gasteiger partial charge in [-0.3, -0.25) is 4.18 Å². The molecule has 380 valence electrons. The third-order valence-corrected chi connectivity index (χ3v) is 19.9. The summed E-state index contributed by atoms with van der Waals surface area (Å²) in [6, 6.07) is 24.2. The van der Waals surface area contributed by atoms with Gasteiger partial charge in [0, 0.05) is 17.5 Å². The van der Waals surface area contributed by atoms with Crippen molar-refractivity contribution in [3.05, 3.63) is 139 Å². The highest BCUT2D eigenvalue weighted by Gasteiger charge is 2.39. The number of rotatable bonds is 22. The van der Waals surface area contributed by atoms with Crippen LogP contribution in [0.25, 0.3) is 21.3 Å². The number of hydrogen-bond acceptors (Lipinski definition) is 13. The van der Waals surface area contributed by atoms with E-state index in [0.717, 1.165) is 5.56 Å². The molecule has 71 heavy (non-hydrogen) atoms. The lowest BCUT2D eigenvalue weighted by molar-refractivity contribution is -0.163. The highest BCUT2D eigenvalue weighted by atomic mass is 79.9. The van der Waals surface area contributed by atoms with E-state index >= 15 is 0 Å². The second-order valence-electron chi connectivity index (χ2n) is 19.5. The van der Waals surface area contributed by atoms with Gasteiger partial charge in [-0.15, -0.1) is 17.9 Å². The van der Waals surface area contributed by atoms with E-state index in [2.05, 4.69) is 66.3 Å². The minimum absolute atomic E-state index is 0.0244. The van der Waals surface area contributed by atoms with Crippen molar-refractivity contribution in [2.24, 2.45) is 0 Å². The van der Waals surface area contributed by atoms with Crippen molar-refractivity contribution in [1.29, 1.82) is 0 Å². The van der Waals surface area contributed by atoms with Crippen molar-refractivity contribution in [3.63, 3.8) is 0 Å². The standard InChI is InChI=1S/C53H61BrCl2N2O10S2Si/c1-12-25-62-29-39(30-64-70(60,61)31-36-21-17-14-18-22-36)65-47-45(55)33(2)42(34(3)46(47)56)43-44-49(57-32-58-50(44)69-48(43)54)66-41(51(59)67-52(4,5)6)27-37-26-38(68-71(10,11)53(7,8)9)23-24-40(37)63-28-35-19-15-13-16-20-35/h12-24,26,32,39,41H,1,25,27-31H2,2-11H3/t39-,41-/m1/s1. The molecule has 0 aliphatic heterocycles. The number of esters is 1. The Morgan fingerprint density at radius 3 is 2.11 bits per heavy atom. The van der Waals surface area contributed by atoms with Gasteiger partial charge in [0.05, 0.1) is 32.4 Å². The fourth-order valence-corrected chi connectivity index (χ4v) is 11.5. The van der Waals surface area contributed by atoms with Crippen molar-refractivity contribution in [2.45, 2.75) is 110 Å². The third-order valence-electron chi connectivity index (χ3n) is 11.7. The van der Waals surface area contributed by atoms with Crippen LogP contribution in [0, 0.1) is 13.8 Å². The lowest BCUT2D eigenvalue weighted by Crippen LogP contribution is -2.43. The molecular weight excluding hydrogens is 1070 g/mol. The summed E-state index contributed by atoms with van der Waals surface area (Å²) >= 11 is 19.5. The Morgan fingerprint density at radius 1 is 0.873 bits per heavy atom. The molecule has 0 fully saturated rings. The number of hydrogen-bond donors (Lipinski definition) is 0. The van der Waals surface area contributed by atoms with Gasteiger partial charge in [-0.05, 0) is 115 Å². The second kappa shape index (κ2) is 23.6. The predicted octanol–water partition coefficient (Wildman–Crippen LogP) is 13.8. The summed E-state index contributed by atoms with van der Waals surface area (Å²) in [5.74, 6) is 0.480. The zero-order chi connectivity index (χ0) is 51.9. The lowest BCUT2D eigenvalue weighted by Gasteiger charge is -2.36. The second-order valence-corrected chi connectivity index (χ2v) is 28.9. The number of carbonyl (C=O) groups excluding carboxylic acids is 1. The first-order valence-electron chi connectivity index (χ1n) is 22.9. The number of ether oxygens (including phenoxy) is 5. The molecule has 0 aliphatic rings. The summed E-state index contributed by atoms with van der Waals surface area (Å²) in [7, 11) is -6.30. The Bertz CT molecular complexity index is 2920. The van der Waals surface area contributed by atoms with E-state index in [9.17, 15) is 13.2 Å². The molecule has 18 heteroatoms. The van der Waals surface area contributed by atoms with Crippen molar-refractivity contribution in [2.75, 3.05) is 19.8 Å². The van der Waals surface area contributed by atoms with Gasteiger partial charge in [-0.25, -0.2) is 14.8 Å². The number of thiophene rings is 1. The van der Waals surface area contributed by atoms with E-state index in [1.54, 1.807) is 57.2 Å². The van der Waals surface area contributed by atoms with E-state index < -0.39 is 42.2 Å². The van der Waals surface area contributed by atoms with Gasteiger partial charge in [-0.2, -0.15) is 8.42 Å². The molecule has 12 nitrogen and oxygen atoms in total. The van der Waals surface area contributed by atoms with Gasteiger partial charge in [0.15, 0.2) is 5.75 Å². The first-order valence-corrected chi connectivity index (χ1v) is 29.8. The van der Waals surface area contributed by atoms with E-state index in [0.29, 0.717) is 58.9 Å². The Kier molecular flexibility index (Phi) is 18.5. The van der Waals surface area contributed by atoms with E-state index in [4.69, 9.17) is 55.5 Å². The summed E-state index contributed by atoms with van der Waals surface area (Å²) in [6.07, 6.45) is 0.791. The highest BCUT2D eigenvalue weighted by Crippen LogP contribution is 2.52. The van der Waals surface area contributed by atoms with Crippen molar-refractivity contribution in [3.8, 4) is 34.3 Å². The lowest BCUT2D eigenvalue weighted by atomic mass is 9.95. The summed E-state index contributed by atoms with van der Waals surface area (Å²) in [5.41, 5.74) is 3.75. The maximum atomic E-state index is 14.4. The van der Waals surface area contributed by atoms with Gasteiger partial charge in [-0.1, -0.05) is 111 Å². The molecule has 0 spiro atoms. The quantitative estimate of drug-likeness (QED) is 0.0210. The number of carbonyl (C=O) groups is 1. The van der Waals surface area contributed by atoms with Crippen LogP contribution in [0.1, 0.15) is 69.4 Å². The van der Waals surface area contributed by atoms with E-state index in [1.807, 2.05) is 62.4 Å². The van der Waals surface area contributed by atoms with Gasteiger partial charge in [0.1, 0.15) is 53.3 Å². The Balaban J connectivity index is 1.39. The van der Waals surface area contributed by atoms with Crippen molar-refractivity contribution in [1.82, 2.24) is 9.97 Å². The van der Waals surface area contributed by atoms with Gasteiger partial charge < -0.3 is 28.1 Å². The molecule has 2 atom stereocenters. The summed E-state index contributed by atoms with van der Waals surface area (Å²) < 4.78 is 70.4. The first kappa shape index (κ1) is 55.8. The zero-order valence-corrected chi connectivity index (χ0v) is 47.4. The average Bonchev–Trinajstić information content (AvgIpc) is 3.63. The monoisotopic (exact) mass is 1130 g/mol. The van der Waals surface area contributed by atoms with Crippen LogP contribution in [-0.2, 0) is 47.4 Å². The van der Waals surface area contributed by atoms with Crippen LogP contribution in [0.2, 0.25) is 28.2 Å². The predicted molar refractivity (Wildman–Crippen MR) is 290 cm³/mol. The maximum absolute atomic E-state index is 14.4. The number of fused-ring (bicyclic) bond motifs is 1. The summed E-state index contributed by atoms with van der Waals surface area (Å²) in [6.45, 7) is 23.6. The molecule has 0 radical (unpaired) electrons. The SMILES string of the molecule is C=CCOC[C@H](COS(=O)(=O)Cc1ccccc1)Oc1c(Cl)c(C)c(-c2c(Br)sc3ncnc(O[C@H](Cc4cc(O[Si](C)(C)C(C)(C)C)ccc4OCc4ccccc4)C(=O)OC(C)(C)C)c23)c(C)c1Cl. The average molecular weight is 1130 g/mol. The Labute approximate surface area is 441 Å². The molecule has 0 N–H and O–H groups in total. The molecule has 0 saturated carbocycles. The summed E-state index contributed by atoms with van der Waals surface area (Å²) in [4.78, 5) is 24.2. The van der Waals surface area contributed by atoms with Crippen LogP contribution in [0.5, 0.6) is 23.1 Å². The minimum Gasteiger partial charge on any atom is -0.543 e. The summed E-state index contributed by atoms with van der Waals surface area (Å²) in [5, 5.41) is 0.744. The van der Waals surface area contributed by atoms with Gasteiger partial charge >= 0.3 is 5.97 Å². The Morgan fingerprint density at radius 2 is 1.51 bits per heavy atom. The van der Waals surface area contributed by atoms with Crippen LogP contribution in [-0.4, -0.2) is 70.3 Å². The van der Waals surface area contributed by atoms with Gasteiger partial charge in [0.2, 0.25) is 20.3 Å². The minimum atomic E-state index is -4.01. The molecule has 0 aliphatic carbocycles. The molecule has 2 heterocycles. The molecule has 4 aromatic carbocycles. The van der Waals surface area contributed by atoms with E-state index in [1.165, 1.54) is 17.7 Å². The third kappa shape index (κ3) is 14.6. The topological polar surface area (TPSA) is 142 Å². The van der Waals surface area contributed by atoms with Gasteiger partial charge in [0.25, 0.3) is 10.1 Å². The number of halogens is 3. The van der Waals surface area contributed by atoms with Crippen LogP contribution in [0.3, 0.4) is 0 Å². The number of aromatic nitrogens is 2. The molecule has 6 aromatic rings. The molecule has 0 amide bonds. The normalized spacial score (nSPS) is 13.1.